The lowest BCUT2D eigenvalue weighted by Crippen LogP contribution is -2.13. The molecule has 1 atom stereocenters. The molecule has 0 aliphatic heterocycles. The topological polar surface area (TPSA) is 37.3 Å². The maximum atomic E-state index is 11.5. The molecule has 2 heteroatoms. The molecule has 0 aliphatic carbocycles. The average Bonchev–Trinajstić information content (AvgIpc) is 2.78. The van der Waals surface area contributed by atoms with Crippen LogP contribution >= 0.6 is 0 Å². The van der Waals surface area contributed by atoms with Crippen LogP contribution < -0.4 is 0 Å². The predicted molar refractivity (Wildman–Crippen MR) is 142 cm³/mol. The Kier molecular flexibility index (Phi) is 25.8. The van der Waals surface area contributed by atoms with Crippen molar-refractivity contribution in [2.75, 3.05) is 0 Å². The summed E-state index contributed by atoms with van der Waals surface area (Å²) in [6, 6.07) is 0. The van der Waals surface area contributed by atoms with E-state index >= 15 is 0 Å². The summed E-state index contributed by atoms with van der Waals surface area (Å²) in [6.45, 7) is 4.54. The minimum Gasteiger partial charge on any atom is -0.481 e. The molecule has 0 aromatic rings. The first-order valence-electron chi connectivity index (χ1n) is 14.6. The highest BCUT2D eigenvalue weighted by molar-refractivity contribution is 5.69. The lowest BCUT2D eigenvalue weighted by atomic mass is 9.94. The van der Waals surface area contributed by atoms with Gasteiger partial charge in [0.15, 0.2) is 0 Å². The van der Waals surface area contributed by atoms with Crippen molar-refractivity contribution in [3.8, 4) is 0 Å². The minimum absolute atomic E-state index is 0.110. The Balaban J connectivity index is 3.48. The first kappa shape index (κ1) is 31.2. The average molecular weight is 451 g/mol. The summed E-state index contributed by atoms with van der Waals surface area (Å²) in [5, 5.41) is 9.51. The number of unbranched alkanes of at least 4 members (excludes halogenated alkanes) is 19. The molecule has 0 aromatic heterocycles. The lowest BCUT2D eigenvalue weighted by molar-refractivity contribution is -0.142. The van der Waals surface area contributed by atoms with Crippen LogP contribution in [0.2, 0.25) is 0 Å². The molecule has 0 fully saturated rings. The SMILES string of the molecule is CCCCCCCCC=CCCCCCCC(CCCCCCCCCCCC)C(=O)O. The van der Waals surface area contributed by atoms with E-state index in [1.165, 1.54) is 128 Å². The van der Waals surface area contributed by atoms with Gasteiger partial charge < -0.3 is 5.11 Å². The minimum atomic E-state index is -0.571. The van der Waals surface area contributed by atoms with Gasteiger partial charge in [-0.15, -0.1) is 0 Å². The third-order valence-electron chi connectivity index (χ3n) is 6.82. The second-order valence-electron chi connectivity index (χ2n) is 10.0. The van der Waals surface area contributed by atoms with E-state index in [1.807, 2.05) is 0 Å². The van der Waals surface area contributed by atoms with Gasteiger partial charge in [0.05, 0.1) is 5.92 Å². The molecule has 1 unspecified atom stereocenters. The standard InChI is InChI=1S/C30H58O2/c1-3-5-7-9-11-13-15-16-17-18-20-22-24-26-28-29(30(31)32)27-25-23-21-19-14-12-10-8-6-4-2/h16-17,29H,3-15,18-28H2,1-2H3,(H,31,32). The monoisotopic (exact) mass is 450 g/mol. The van der Waals surface area contributed by atoms with Gasteiger partial charge in [0.25, 0.3) is 0 Å². The highest BCUT2D eigenvalue weighted by Crippen LogP contribution is 2.20. The van der Waals surface area contributed by atoms with E-state index in [0.29, 0.717) is 0 Å². The first-order chi connectivity index (χ1) is 15.7. The lowest BCUT2D eigenvalue weighted by Gasteiger charge is -2.12. The maximum absolute atomic E-state index is 11.5. The van der Waals surface area contributed by atoms with Crippen LogP contribution in [-0.2, 0) is 4.79 Å². The summed E-state index contributed by atoms with van der Waals surface area (Å²) in [6.07, 6.45) is 35.1. The van der Waals surface area contributed by atoms with E-state index in [0.717, 1.165) is 25.7 Å². The van der Waals surface area contributed by atoms with Crippen LogP contribution in [0.15, 0.2) is 12.2 Å². The van der Waals surface area contributed by atoms with E-state index < -0.39 is 5.97 Å². The van der Waals surface area contributed by atoms with Gasteiger partial charge in [0.1, 0.15) is 0 Å². The number of hydrogen-bond acceptors (Lipinski definition) is 1. The maximum Gasteiger partial charge on any atom is 0.306 e. The molecule has 0 saturated heterocycles. The molecule has 2 nitrogen and oxygen atoms in total. The first-order valence-corrected chi connectivity index (χ1v) is 14.6. The second kappa shape index (κ2) is 26.5. The number of aliphatic carboxylic acids is 1. The molecule has 0 aromatic carbocycles. The molecule has 0 aliphatic rings. The van der Waals surface area contributed by atoms with Crippen molar-refractivity contribution < 1.29 is 9.90 Å². The smallest absolute Gasteiger partial charge is 0.306 e. The van der Waals surface area contributed by atoms with E-state index in [2.05, 4.69) is 26.0 Å². The summed E-state index contributed by atoms with van der Waals surface area (Å²) in [5.74, 6) is -0.681. The number of carboxylic acid groups (broad SMARTS) is 1. The van der Waals surface area contributed by atoms with Crippen molar-refractivity contribution in [3.63, 3.8) is 0 Å². The summed E-state index contributed by atoms with van der Waals surface area (Å²) < 4.78 is 0. The Bertz CT molecular complexity index is 402. The number of rotatable bonds is 26. The van der Waals surface area contributed by atoms with Crippen LogP contribution in [0.5, 0.6) is 0 Å². The van der Waals surface area contributed by atoms with Gasteiger partial charge in [-0.05, 0) is 38.5 Å². The number of carboxylic acids is 1. The number of allylic oxidation sites excluding steroid dienone is 2. The Morgan fingerprint density at radius 3 is 1.19 bits per heavy atom. The highest BCUT2D eigenvalue weighted by atomic mass is 16.4. The second-order valence-corrected chi connectivity index (χ2v) is 10.0. The molecule has 0 heterocycles. The zero-order chi connectivity index (χ0) is 23.5. The van der Waals surface area contributed by atoms with Crippen molar-refractivity contribution in [2.24, 2.45) is 5.92 Å². The molecule has 0 rings (SSSR count). The molecule has 0 bridgehead atoms. The third-order valence-corrected chi connectivity index (χ3v) is 6.82. The molecule has 0 saturated carbocycles. The Morgan fingerprint density at radius 2 is 0.844 bits per heavy atom. The summed E-state index contributed by atoms with van der Waals surface area (Å²) in [7, 11) is 0. The molecular weight excluding hydrogens is 392 g/mol. The van der Waals surface area contributed by atoms with Crippen molar-refractivity contribution in [1.82, 2.24) is 0 Å². The summed E-state index contributed by atoms with van der Waals surface area (Å²) in [5.41, 5.74) is 0. The van der Waals surface area contributed by atoms with Gasteiger partial charge in [-0.1, -0.05) is 142 Å². The van der Waals surface area contributed by atoms with E-state index in [4.69, 9.17) is 0 Å². The van der Waals surface area contributed by atoms with Crippen LogP contribution in [0.25, 0.3) is 0 Å². The molecule has 190 valence electrons. The van der Waals surface area contributed by atoms with Crippen molar-refractivity contribution in [3.05, 3.63) is 12.2 Å². The Labute approximate surface area is 202 Å². The Morgan fingerprint density at radius 1 is 0.531 bits per heavy atom. The molecule has 0 spiro atoms. The van der Waals surface area contributed by atoms with Gasteiger partial charge >= 0.3 is 5.97 Å². The van der Waals surface area contributed by atoms with Crippen LogP contribution in [0.3, 0.4) is 0 Å². The zero-order valence-electron chi connectivity index (χ0n) is 22.1. The zero-order valence-corrected chi connectivity index (χ0v) is 22.1. The van der Waals surface area contributed by atoms with E-state index in [-0.39, 0.29) is 5.92 Å². The molecule has 0 amide bonds. The fourth-order valence-corrected chi connectivity index (χ4v) is 4.55. The van der Waals surface area contributed by atoms with Gasteiger partial charge in [-0.3, -0.25) is 4.79 Å². The predicted octanol–water partition coefficient (Wildman–Crippen LogP) is 10.6. The largest absolute Gasteiger partial charge is 0.481 e. The van der Waals surface area contributed by atoms with Gasteiger partial charge in [0.2, 0.25) is 0 Å². The quantitative estimate of drug-likeness (QED) is 0.105. The summed E-state index contributed by atoms with van der Waals surface area (Å²) >= 11 is 0. The van der Waals surface area contributed by atoms with Gasteiger partial charge in [-0.25, -0.2) is 0 Å². The fourth-order valence-electron chi connectivity index (χ4n) is 4.55. The van der Waals surface area contributed by atoms with E-state index in [1.54, 1.807) is 0 Å². The Hall–Kier alpha value is -0.790. The number of carbonyl (C=O) groups is 1. The molecular formula is C30H58O2. The summed E-state index contributed by atoms with van der Waals surface area (Å²) in [4.78, 5) is 11.5. The van der Waals surface area contributed by atoms with E-state index in [9.17, 15) is 9.90 Å². The molecule has 1 N–H and O–H groups in total. The molecule has 32 heavy (non-hydrogen) atoms. The number of hydrogen-bond donors (Lipinski definition) is 1. The third kappa shape index (κ3) is 23.9. The van der Waals surface area contributed by atoms with Gasteiger partial charge in [-0.2, -0.15) is 0 Å². The molecule has 0 radical (unpaired) electrons. The van der Waals surface area contributed by atoms with Gasteiger partial charge in [0, 0.05) is 0 Å². The van der Waals surface area contributed by atoms with Crippen molar-refractivity contribution in [1.29, 1.82) is 0 Å². The van der Waals surface area contributed by atoms with Crippen molar-refractivity contribution >= 4 is 5.97 Å². The fraction of sp³-hybridized carbons (Fsp3) is 0.900. The van der Waals surface area contributed by atoms with Crippen LogP contribution in [0.4, 0.5) is 0 Å². The van der Waals surface area contributed by atoms with Crippen LogP contribution in [0.1, 0.15) is 168 Å². The van der Waals surface area contributed by atoms with Crippen molar-refractivity contribution in [2.45, 2.75) is 168 Å². The van der Waals surface area contributed by atoms with Crippen LogP contribution in [0, 0.1) is 5.92 Å². The van der Waals surface area contributed by atoms with Crippen LogP contribution in [-0.4, -0.2) is 11.1 Å². The normalized spacial score (nSPS) is 12.6. The highest BCUT2D eigenvalue weighted by Gasteiger charge is 2.16.